The van der Waals surface area contributed by atoms with Gasteiger partial charge in [-0.25, -0.2) is 0 Å². The normalized spacial score (nSPS) is 11.0. The summed E-state index contributed by atoms with van der Waals surface area (Å²) < 4.78 is 0. The molecule has 0 aliphatic heterocycles. The first-order valence-electron chi connectivity index (χ1n) is 6.09. The largest absolute Gasteiger partial charge is 0.508 e. The van der Waals surface area contributed by atoms with E-state index in [-0.39, 0.29) is 23.1 Å². The van der Waals surface area contributed by atoms with Crippen molar-refractivity contribution < 1.29 is 5.11 Å². The molecule has 106 valence electrons. The van der Waals surface area contributed by atoms with Crippen molar-refractivity contribution >= 4 is 23.5 Å². The van der Waals surface area contributed by atoms with Gasteiger partial charge < -0.3 is 15.7 Å². The van der Waals surface area contributed by atoms with E-state index >= 15 is 0 Å². The molecule has 0 unspecified atom stereocenters. The first-order chi connectivity index (χ1) is 9.99. The highest BCUT2D eigenvalue weighted by molar-refractivity contribution is 5.87. The Labute approximate surface area is 122 Å². The van der Waals surface area contributed by atoms with Crippen LogP contribution >= 0.6 is 0 Å². The lowest BCUT2D eigenvalue weighted by atomic mass is 10.1. The van der Waals surface area contributed by atoms with Crippen LogP contribution in [0.1, 0.15) is 11.4 Å². The maximum atomic E-state index is 9.45. The van der Waals surface area contributed by atoms with Gasteiger partial charge in [0.05, 0.1) is 5.57 Å². The first-order valence-corrected chi connectivity index (χ1v) is 6.09. The minimum absolute atomic E-state index is 0.0424. The number of phenolic OH excluding ortho intramolecular Hbond substituents is 1. The lowest BCUT2D eigenvalue weighted by molar-refractivity contribution is 0.475. The number of anilines is 2. The Bertz CT molecular complexity index is 732. The van der Waals surface area contributed by atoms with E-state index in [1.54, 1.807) is 43.3 Å². The predicted molar refractivity (Wildman–Crippen MR) is 80.2 cm³/mol. The average Bonchev–Trinajstić information content (AvgIpc) is 2.44. The number of nitrogen functional groups attached to an aromatic ring is 1. The van der Waals surface area contributed by atoms with Crippen molar-refractivity contribution in [3.8, 4) is 11.8 Å². The van der Waals surface area contributed by atoms with Gasteiger partial charge in [0.1, 0.15) is 11.8 Å². The highest BCUT2D eigenvalue weighted by Gasteiger charge is 2.10. The van der Waals surface area contributed by atoms with Gasteiger partial charge in [0.2, 0.25) is 11.9 Å². The molecule has 7 nitrogen and oxygen atoms in total. The molecule has 21 heavy (non-hydrogen) atoms. The van der Waals surface area contributed by atoms with Crippen LogP contribution in [0.15, 0.2) is 24.3 Å². The zero-order valence-electron chi connectivity index (χ0n) is 11.6. The van der Waals surface area contributed by atoms with Gasteiger partial charge in [-0.15, -0.1) is 0 Å². The number of nitrogens with two attached hydrogens (primary N) is 1. The summed E-state index contributed by atoms with van der Waals surface area (Å²) in [5.41, 5.74) is 6.54. The number of nitrogens with zero attached hydrogens (tertiary/aromatic N) is 5. The summed E-state index contributed by atoms with van der Waals surface area (Å²) in [4.78, 5) is 13.8. The molecule has 1 aromatic heterocycles. The Hall–Kier alpha value is -3.14. The van der Waals surface area contributed by atoms with Crippen molar-refractivity contribution in [3.05, 3.63) is 35.7 Å². The Balaban J connectivity index is 2.49. The van der Waals surface area contributed by atoms with Gasteiger partial charge in [0, 0.05) is 14.1 Å². The van der Waals surface area contributed by atoms with Gasteiger partial charge in [0.25, 0.3) is 0 Å². The Morgan fingerprint density at radius 2 is 2.10 bits per heavy atom. The van der Waals surface area contributed by atoms with Gasteiger partial charge in [0.15, 0.2) is 5.82 Å². The molecule has 2 rings (SSSR count). The third-order valence-electron chi connectivity index (χ3n) is 2.58. The van der Waals surface area contributed by atoms with E-state index in [0.29, 0.717) is 11.5 Å². The van der Waals surface area contributed by atoms with Crippen LogP contribution < -0.4 is 10.6 Å². The molecule has 1 heterocycles. The number of aromatic hydroxyl groups is 1. The van der Waals surface area contributed by atoms with Crippen molar-refractivity contribution in [2.75, 3.05) is 24.7 Å². The highest BCUT2D eigenvalue weighted by atomic mass is 16.3. The van der Waals surface area contributed by atoms with E-state index in [9.17, 15) is 10.4 Å². The Kier molecular flexibility index (Phi) is 4.00. The van der Waals surface area contributed by atoms with Gasteiger partial charge in [-0.2, -0.15) is 20.2 Å². The highest BCUT2D eigenvalue weighted by Crippen LogP contribution is 2.19. The number of benzene rings is 1. The predicted octanol–water partition coefficient (Wildman–Crippen LogP) is 1.29. The lowest BCUT2D eigenvalue weighted by Gasteiger charge is -2.10. The molecule has 0 aliphatic carbocycles. The number of rotatable bonds is 3. The summed E-state index contributed by atoms with van der Waals surface area (Å²) in [5, 5.41) is 18.7. The smallest absolute Gasteiger partial charge is 0.230 e. The van der Waals surface area contributed by atoms with Gasteiger partial charge in [-0.05, 0) is 23.8 Å². The van der Waals surface area contributed by atoms with Crippen molar-refractivity contribution in [3.63, 3.8) is 0 Å². The Morgan fingerprint density at radius 3 is 2.71 bits per heavy atom. The van der Waals surface area contributed by atoms with Gasteiger partial charge in [-0.3, -0.25) is 0 Å². The lowest BCUT2D eigenvalue weighted by Crippen LogP contribution is -2.15. The summed E-state index contributed by atoms with van der Waals surface area (Å²) in [7, 11) is 3.53. The fourth-order valence-electron chi connectivity index (χ4n) is 1.63. The second-order valence-corrected chi connectivity index (χ2v) is 4.48. The van der Waals surface area contributed by atoms with E-state index in [0.717, 1.165) is 0 Å². The van der Waals surface area contributed by atoms with Crippen LogP contribution in [0.3, 0.4) is 0 Å². The monoisotopic (exact) mass is 282 g/mol. The molecule has 0 aliphatic rings. The Morgan fingerprint density at radius 1 is 1.33 bits per heavy atom. The molecule has 0 amide bonds. The SMILES string of the molecule is CN(C)c1nc(N)nc(/C(C#N)=C/c2cccc(O)c2)n1. The topological polar surface area (TPSA) is 112 Å². The van der Waals surface area contributed by atoms with Crippen LogP contribution in [0, 0.1) is 11.3 Å². The zero-order valence-corrected chi connectivity index (χ0v) is 11.6. The molecule has 0 bridgehead atoms. The van der Waals surface area contributed by atoms with Crippen LogP contribution in [0.5, 0.6) is 5.75 Å². The first kappa shape index (κ1) is 14.3. The molecule has 3 N–H and O–H groups in total. The average molecular weight is 282 g/mol. The number of phenols is 1. The van der Waals surface area contributed by atoms with Crippen molar-refractivity contribution in [2.24, 2.45) is 0 Å². The van der Waals surface area contributed by atoms with Crippen LogP contribution in [-0.4, -0.2) is 34.2 Å². The molecule has 2 aromatic rings. The summed E-state index contributed by atoms with van der Waals surface area (Å²) in [5.74, 6) is 0.720. The quantitative estimate of drug-likeness (QED) is 0.815. The standard InChI is InChI=1S/C14H14N6O/c1-20(2)14-18-12(17-13(16)19-14)10(8-15)6-9-4-3-5-11(21)7-9/h3-7,21H,1-2H3,(H2,16,17,18,19)/b10-6+. The van der Waals surface area contributed by atoms with Crippen LogP contribution in [-0.2, 0) is 0 Å². The number of nitriles is 1. The second-order valence-electron chi connectivity index (χ2n) is 4.48. The molecule has 0 spiro atoms. The summed E-state index contributed by atoms with van der Waals surface area (Å²) >= 11 is 0. The molecule has 7 heteroatoms. The molecule has 0 saturated heterocycles. The van der Waals surface area contributed by atoms with Crippen molar-refractivity contribution in [1.29, 1.82) is 5.26 Å². The maximum Gasteiger partial charge on any atom is 0.230 e. The van der Waals surface area contributed by atoms with Gasteiger partial charge >= 0.3 is 0 Å². The number of hydrogen-bond donors (Lipinski definition) is 2. The van der Waals surface area contributed by atoms with E-state index in [1.807, 2.05) is 6.07 Å². The molecular weight excluding hydrogens is 268 g/mol. The molecule has 0 fully saturated rings. The van der Waals surface area contributed by atoms with Crippen molar-refractivity contribution in [1.82, 2.24) is 15.0 Å². The molecule has 0 radical (unpaired) electrons. The molecule has 0 saturated carbocycles. The number of aromatic nitrogens is 3. The zero-order chi connectivity index (χ0) is 15.4. The van der Waals surface area contributed by atoms with Crippen molar-refractivity contribution in [2.45, 2.75) is 0 Å². The maximum absolute atomic E-state index is 9.45. The minimum atomic E-state index is 0.0424. The minimum Gasteiger partial charge on any atom is -0.508 e. The fourth-order valence-corrected chi connectivity index (χ4v) is 1.63. The summed E-state index contributed by atoms with van der Waals surface area (Å²) in [6.07, 6.45) is 1.58. The van der Waals surface area contributed by atoms with E-state index in [2.05, 4.69) is 15.0 Å². The summed E-state index contributed by atoms with van der Waals surface area (Å²) in [6.45, 7) is 0. The third-order valence-corrected chi connectivity index (χ3v) is 2.58. The van der Waals surface area contributed by atoms with Gasteiger partial charge in [-0.1, -0.05) is 12.1 Å². The molecule has 1 aromatic carbocycles. The number of allylic oxidation sites excluding steroid dienone is 1. The summed E-state index contributed by atoms with van der Waals surface area (Å²) in [6, 6.07) is 8.56. The van der Waals surface area contributed by atoms with E-state index < -0.39 is 0 Å². The fraction of sp³-hybridized carbons (Fsp3) is 0.143. The second kappa shape index (κ2) is 5.88. The third kappa shape index (κ3) is 3.45. The van der Waals surface area contributed by atoms with Crippen LogP contribution in [0.25, 0.3) is 11.6 Å². The van der Waals surface area contributed by atoms with Crippen LogP contribution in [0.4, 0.5) is 11.9 Å². The van der Waals surface area contributed by atoms with Crippen LogP contribution in [0.2, 0.25) is 0 Å². The number of hydrogen-bond acceptors (Lipinski definition) is 7. The van der Waals surface area contributed by atoms with E-state index in [4.69, 9.17) is 5.73 Å². The molecule has 0 atom stereocenters. The van der Waals surface area contributed by atoms with E-state index in [1.165, 1.54) is 6.07 Å². The molecular formula is C14H14N6O.